The van der Waals surface area contributed by atoms with Crippen LogP contribution in [0.3, 0.4) is 0 Å². The first-order chi connectivity index (χ1) is 11.7. The molecule has 1 aromatic heterocycles. The molecule has 0 aliphatic carbocycles. The molecule has 2 N–H and O–H groups in total. The van der Waals surface area contributed by atoms with E-state index in [1.165, 1.54) is 0 Å². The predicted molar refractivity (Wildman–Crippen MR) is 91.0 cm³/mol. The second-order valence-corrected chi connectivity index (χ2v) is 5.53. The quantitative estimate of drug-likeness (QED) is 0.511. The summed E-state index contributed by atoms with van der Waals surface area (Å²) >= 11 is 0. The molecule has 0 saturated carbocycles. The van der Waals surface area contributed by atoms with E-state index in [2.05, 4.69) is 6.92 Å². The van der Waals surface area contributed by atoms with Crippen molar-refractivity contribution in [2.24, 2.45) is 0 Å². The second-order valence-electron chi connectivity index (χ2n) is 5.53. The number of para-hydroxylation sites is 1. The SMILES string of the molecule is CCCCCCOc1c(O)c2cccc(OCCCO)c2oc1=O. The molecule has 24 heavy (non-hydrogen) atoms. The Bertz CT molecular complexity index is 706. The summed E-state index contributed by atoms with van der Waals surface area (Å²) in [5, 5.41) is 19.5. The van der Waals surface area contributed by atoms with Gasteiger partial charge in [-0.05, 0) is 18.6 Å². The number of rotatable bonds is 10. The number of ether oxygens (including phenoxy) is 2. The molecule has 0 saturated heterocycles. The lowest BCUT2D eigenvalue weighted by molar-refractivity contribution is 0.232. The minimum atomic E-state index is -0.728. The number of fused-ring (bicyclic) bond motifs is 1. The normalized spacial score (nSPS) is 10.9. The van der Waals surface area contributed by atoms with Crippen LogP contribution in [-0.2, 0) is 0 Å². The molecule has 0 fully saturated rings. The van der Waals surface area contributed by atoms with Gasteiger partial charge in [0.25, 0.3) is 0 Å². The third kappa shape index (κ3) is 4.41. The molecule has 6 nitrogen and oxygen atoms in total. The molecule has 0 unspecified atom stereocenters. The lowest BCUT2D eigenvalue weighted by Crippen LogP contribution is -2.09. The Morgan fingerprint density at radius 3 is 2.62 bits per heavy atom. The molecule has 132 valence electrons. The average molecular weight is 336 g/mol. The molecule has 2 rings (SSSR count). The predicted octanol–water partition coefficient (Wildman–Crippen LogP) is 3.22. The first kappa shape index (κ1) is 18.1. The van der Waals surface area contributed by atoms with Crippen molar-refractivity contribution in [2.45, 2.75) is 39.0 Å². The standard InChI is InChI=1S/C18H24O6/c1-2-3-4-5-11-23-17-15(20)13-8-6-9-14(22-12-7-10-19)16(13)24-18(17)21/h6,8-9,19-20H,2-5,7,10-12H2,1H3. The Morgan fingerprint density at radius 2 is 1.88 bits per heavy atom. The van der Waals surface area contributed by atoms with Gasteiger partial charge < -0.3 is 24.1 Å². The van der Waals surface area contributed by atoms with Gasteiger partial charge in [0.05, 0.1) is 18.6 Å². The Labute approximate surface area is 140 Å². The van der Waals surface area contributed by atoms with Gasteiger partial charge in [0.15, 0.2) is 17.1 Å². The highest BCUT2D eigenvalue weighted by molar-refractivity contribution is 5.89. The fourth-order valence-electron chi connectivity index (χ4n) is 2.36. The summed E-state index contributed by atoms with van der Waals surface area (Å²) in [6, 6.07) is 4.98. The number of aromatic hydroxyl groups is 1. The zero-order chi connectivity index (χ0) is 17.4. The minimum Gasteiger partial charge on any atom is -0.504 e. The lowest BCUT2D eigenvalue weighted by atomic mass is 10.2. The smallest absolute Gasteiger partial charge is 0.383 e. The van der Waals surface area contributed by atoms with Crippen molar-refractivity contribution in [1.29, 1.82) is 0 Å². The third-order valence-electron chi connectivity index (χ3n) is 3.63. The average Bonchev–Trinajstić information content (AvgIpc) is 2.58. The molecule has 6 heteroatoms. The highest BCUT2D eigenvalue weighted by atomic mass is 16.5. The molecule has 1 heterocycles. The molecule has 0 aliphatic heterocycles. The van der Waals surface area contributed by atoms with Gasteiger partial charge >= 0.3 is 5.63 Å². The van der Waals surface area contributed by atoms with Crippen LogP contribution < -0.4 is 15.1 Å². The Hall–Kier alpha value is -2.21. The van der Waals surface area contributed by atoms with Gasteiger partial charge in [-0.15, -0.1) is 0 Å². The van der Waals surface area contributed by atoms with Crippen molar-refractivity contribution < 1.29 is 24.1 Å². The van der Waals surface area contributed by atoms with Gasteiger partial charge in [-0.2, -0.15) is 0 Å². The third-order valence-corrected chi connectivity index (χ3v) is 3.63. The van der Waals surface area contributed by atoms with Crippen LogP contribution in [0.1, 0.15) is 39.0 Å². The first-order valence-corrected chi connectivity index (χ1v) is 8.34. The summed E-state index contributed by atoms with van der Waals surface area (Å²) in [5.41, 5.74) is -0.551. The molecule has 0 aliphatic rings. The van der Waals surface area contributed by atoms with E-state index in [9.17, 15) is 9.90 Å². The summed E-state index contributed by atoms with van der Waals surface area (Å²) in [5.74, 6) is -0.0429. The maximum absolute atomic E-state index is 12.1. The van der Waals surface area contributed by atoms with Gasteiger partial charge in [-0.25, -0.2) is 4.79 Å². The van der Waals surface area contributed by atoms with Crippen molar-refractivity contribution in [3.63, 3.8) is 0 Å². The molecule has 0 bridgehead atoms. The summed E-state index contributed by atoms with van der Waals surface area (Å²) in [7, 11) is 0. The zero-order valence-corrected chi connectivity index (χ0v) is 13.9. The topological polar surface area (TPSA) is 89.1 Å². The van der Waals surface area contributed by atoms with Crippen molar-refractivity contribution in [3.8, 4) is 17.2 Å². The lowest BCUT2D eigenvalue weighted by Gasteiger charge is -2.11. The molecule has 0 amide bonds. The van der Waals surface area contributed by atoms with Crippen LogP contribution in [0.2, 0.25) is 0 Å². The summed E-state index contributed by atoms with van der Waals surface area (Å²) in [4.78, 5) is 12.1. The van der Waals surface area contributed by atoms with Crippen LogP contribution in [0.25, 0.3) is 11.0 Å². The van der Waals surface area contributed by atoms with Crippen LogP contribution in [0.15, 0.2) is 27.4 Å². The van der Waals surface area contributed by atoms with Crippen LogP contribution in [0.4, 0.5) is 0 Å². The van der Waals surface area contributed by atoms with Crippen molar-refractivity contribution in [2.75, 3.05) is 19.8 Å². The Kier molecular flexibility index (Phi) is 6.93. The molecule has 2 aromatic rings. The number of aliphatic hydroxyl groups is 1. The van der Waals surface area contributed by atoms with Crippen LogP contribution in [0.5, 0.6) is 17.2 Å². The number of hydrogen-bond donors (Lipinski definition) is 2. The van der Waals surface area contributed by atoms with Gasteiger partial charge in [-0.1, -0.05) is 32.3 Å². The number of hydrogen-bond acceptors (Lipinski definition) is 6. The Morgan fingerprint density at radius 1 is 1.08 bits per heavy atom. The van der Waals surface area contributed by atoms with E-state index in [0.717, 1.165) is 25.7 Å². The van der Waals surface area contributed by atoms with E-state index in [0.29, 0.717) is 24.2 Å². The van der Waals surface area contributed by atoms with Crippen LogP contribution >= 0.6 is 0 Å². The Balaban J connectivity index is 2.21. The first-order valence-electron chi connectivity index (χ1n) is 8.34. The van der Waals surface area contributed by atoms with Crippen LogP contribution in [-0.4, -0.2) is 30.0 Å². The highest BCUT2D eigenvalue weighted by Gasteiger charge is 2.18. The van der Waals surface area contributed by atoms with Crippen LogP contribution in [0, 0.1) is 0 Å². The highest BCUT2D eigenvalue weighted by Crippen LogP contribution is 2.35. The molecule has 0 spiro atoms. The fraction of sp³-hybridized carbons (Fsp3) is 0.500. The van der Waals surface area contributed by atoms with Gasteiger partial charge in [0, 0.05) is 13.0 Å². The zero-order valence-electron chi connectivity index (χ0n) is 13.9. The number of aliphatic hydroxyl groups excluding tert-OH is 1. The van der Waals surface area contributed by atoms with Gasteiger partial charge in [0.2, 0.25) is 5.75 Å². The summed E-state index contributed by atoms with van der Waals surface area (Å²) < 4.78 is 16.2. The van der Waals surface area contributed by atoms with Crippen molar-refractivity contribution >= 4 is 11.0 Å². The van der Waals surface area contributed by atoms with E-state index in [1.807, 2.05) is 0 Å². The van der Waals surface area contributed by atoms with E-state index >= 15 is 0 Å². The molecular weight excluding hydrogens is 312 g/mol. The van der Waals surface area contributed by atoms with E-state index in [-0.39, 0.29) is 30.3 Å². The van der Waals surface area contributed by atoms with E-state index in [4.69, 9.17) is 19.0 Å². The monoisotopic (exact) mass is 336 g/mol. The second kappa shape index (κ2) is 9.17. The molecule has 1 aromatic carbocycles. The van der Waals surface area contributed by atoms with Gasteiger partial charge in [-0.3, -0.25) is 0 Å². The maximum Gasteiger partial charge on any atom is 0.383 e. The molecule has 0 atom stereocenters. The maximum atomic E-state index is 12.1. The summed E-state index contributed by atoms with van der Waals surface area (Å²) in [6.45, 7) is 2.77. The van der Waals surface area contributed by atoms with Gasteiger partial charge in [0.1, 0.15) is 0 Å². The fourth-order valence-corrected chi connectivity index (χ4v) is 2.36. The van der Waals surface area contributed by atoms with E-state index < -0.39 is 5.63 Å². The minimum absolute atomic E-state index is 0.00990. The number of unbranched alkanes of at least 4 members (excludes halogenated alkanes) is 3. The van der Waals surface area contributed by atoms with Crippen molar-refractivity contribution in [1.82, 2.24) is 0 Å². The summed E-state index contributed by atoms with van der Waals surface area (Å²) in [6.07, 6.45) is 4.51. The van der Waals surface area contributed by atoms with Crippen molar-refractivity contribution in [3.05, 3.63) is 28.6 Å². The molecule has 0 radical (unpaired) electrons. The number of benzene rings is 1. The largest absolute Gasteiger partial charge is 0.504 e. The van der Waals surface area contributed by atoms with E-state index in [1.54, 1.807) is 18.2 Å². The molecular formula is C18H24O6.